The first kappa shape index (κ1) is 37.5. The molecule has 2 unspecified atom stereocenters. The number of anilines is 1. The van der Waals surface area contributed by atoms with Crippen molar-refractivity contribution in [2.24, 2.45) is 5.92 Å². The van der Waals surface area contributed by atoms with Crippen molar-refractivity contribution in [3.63, 3.8) is 0 Å². The van der Waals surface area contributed by atoms with Gasteiger partial charge in [0.2, 0.25) is 10.0 Å². The second kappa shape index (κ2) is 15.3. The number of rotatable bonds is 12. The van der Waals surface area contributed by atoms with Crippen LogP contribution in [-0.4, -0.2) is 63.9 Å². The van der Waals surface area contributed by atoms with Crippen LogP contribution in [0.2, 0.25) is 0 Å². The standard InChI is InChI=1S/C39H46FN3O7S/c1-7-33(44)35-30-21-29(32(43(19-18-40)51(6,47)48)22-34(30)49-36(35)25-16-14-24(2)15-17-25)26-10-8-11-27(20-26)37(45)41-23-28-12-9-13-31(28)42-38(46)50-39(3,4)5/h8,10-11,14-17,20-22,28,31H,7,9,12-13,18-19,23H2,1-6H3,(H,41,45)(H,42,46). The molecule has 0 aliphatic heterocycles. The molecular weight excluding hydrogens is 674 g/mol. The van der Waals surface area contributed by atoms with Crippen LogP contribution in [-0.2, 0) is 14.8 Å². The second-order valence-electron chi connectivity index (χ2n) is 14.1. The Bertz CT molecular complexity index is 2030. The molecule has 0 spiro atoms. The van der Waals surface area contributed by atoms with Crippen LogP contribution in [0.4, 0.5) is 14.9 Å². The van der Waals surface area contributed by atoms with Gasteiger partial charge in [-0.3, -0.25) is 13.9 Å². The van der Waals surface area contributed by atoms with Crippen LogP contribution in [0.1, 0.15) is 79.7 Å². The number of Topliss-reactive ketones (excluding diaryl/α,β-unsaturated/α-hetero) is 1. The minimum Gasteiger partial charge on any atom is -0.455 e. The number of alkyl halides is 1. The summed E-state index contributed by atoms with van der Waals surface area (Å²) in [7, 11) is -3.96. The zero-order valence-corrected chi connectivity index (χ0v) is 30.8. The van der Waals surface area contributed by atoms with E-state index in [1.165, 1.54) is 6.07 Å². The second-order valence-corrected chi connectivity index (χ2v) is 16.0. The Labute approximate surface area is 298 Å². The summed E-state index contributed by atoms with van der Waals surface area (Å²) in [5.41, 5.74) is 3.07. The van der Waals surface area contributed by atoms with Crippen molar-refractivity contribution in [2.45, 2.75) is 71.9 Å². The number of aryl methyl sites for hydroxylation is 1. The van der Waals surface area contributed by atoms with Crippen LogP contribution in [0.15, 0.2) is 65.1 Å². The lowest BCUT2D eigenvalue weighted by Gasteiger charge is -2.25. The first-order valence-electron chi connectivity index (χ1n) is 17.2. The van der Waals surface area contributed by atoms with E-state index in [9.17, 15) is 27.2 Å². The summed E-state index contributed by atoms with van der Waals surface area (Å²) < 4.78 is 52.6. The summed E-state index contributed by atoms with van der Waals surface area (Å²) in [5.74, 6) is -0.138. The lowest BCUT2D eigenvalue weighted by atomic mass is 9.95. The van der Waals surface area contributed by atoms with Gasteiger partial charge in [0, 0.05) is 47.2 Å². The van der Waals surface area contributed by atoms with Gasteiger partial charge in [0.25, 0.3) is 5.91 Å². The highest BCUT2D eigenvalue weighted by Gasteiger charge is 2.31. The fourth-order valence-electron chi connectivity index (χ4n) is 6.56. The number of hydrogen-bond donors (Lipinski definition) is 2. The molecule has 5 rings (SSSR count). The van der Waals surface area contributed by atoms with Gasteiger partial charge in [-0.2, -0.15) is 0 Å². The summed E-state index contributed by atoms with van der Waals surface area (Å²) in [4.78, 5) is 39.4. The molecule has 0 bridgehead atoms. The van der Waals surface area contributed by atoms with E-state index in [2.05, 4.69) is 10.6 Å². The summed E-state index contributed by atoms with van der Waals surface area (Å²) >= 11 is 0. The van der Waals surface area contributed by atoms with Gasteiger partial charge in [-0.15, -0.1) is 0 Å². The minimum atomic E-state index is -3.96. The average molecular weight is 720 g/mol. The number of benzene rings is 3. The van der Waals surface area contributed by atoms with Crippen molar-refractivity contribution in [3.05, 3.63) is 77.4 Å². The van der Waals surface area contributed by atoms with Crippen molar-refractivity contribution in [3.8, 4) is 22.5 Å². The maximum atomic E-state index is 13.9. The van der Waals surface area contributed by atoms with Crippen molar-refractivity contribution in [2.75, 3.05) is 30.3 Å². The van der Waals surface area contributed by atoms with Gasteiger partial charge in [-0.1, -0.05) is 55.3 Å². The molecule has 0 radical (unpaired) electrons. The Morgan fingerprint density at radius 1 is 1.02 bits per heavy atom. The molecule has 1 saturated carbocycles. The van der Waals surface area contributed by atoms with E-state index < -0.39 is 34.9 Å². The number of ether oxygens (including phenoxy) is 1. The normalized spacial score (nSPS) is 16.2. The lowest BCUT2D eigenvalue weighted by molar-refractivity contribution is 0.0493. The molecule has 2 N–H and O–H groups in total. The van der Waals surface area contributed by atoms with Crippen molar-refractivity contribution >= 4 is 44.5 Å². The van der Waals surface area contributed by atoms with E-state index >= 15 is 0 Å². The van der Waals surface area contributed by atoms with Crippen LogP contribution in [0.25, 0.3) is 33.4 Å². The Balaban J connectivity index is 1.53. The third-order valence-electron chi connectivity index (χ3n) is 9.00. The van der Waals surface area contributed by atoms with Gasteiger partial charge in [0.15, 0.2) is 5.78 Å². The monoisotopic (exact) mass is 719 g/mol. The summed E-state index contributed by atoms with van der Waals surface area (Å²) in [5, 5.41) is 6.41. The highest BCUT2D eigenvalue weighted by molar-refractivity contribution is 7.92. The van der Waals surface area contributed by atoms with Crippen LogP contribution < -0.4 is 14.9 Å². The number of carbonyl (C=O) groups is 3. The number of nitrogens with zero attached hydrogens (tertiary/aromatic N) is 1. The first-order valence-corrected chi connectivity index (χ1v) is 19.1. The number of carbonyl (C=O) groups excluding carboxylic acids is 3. The summed E-state index contributed by atoms with van der Waals surface area (Å²) in [6.45, 7) is 8.06. The molecule has 3 aromatic carbocycles. The highest BCUT2D eigenvalue weighted by atomic mass is 32.2. The number of nitrogens with one attached hydrogen (secondary N) is 2. The lowest BCUT2D eigenvalue weighted by Crippen LogP contribution is -2.44. The molecule has 1 heterocycles. The molecule has 4 aromatic rings. The van der Waals surface area contributed by atoms with Gasteiger partial charge >= 0.3 is 6.09 Å². The van der Waals surface area contributed by atoms with E-state index in [0.717, 1.165) is 35.4 Å². The topological polar surface area (TPSA) is 135 Å². The van der Waals surface area contributed by atoms with Crippen LogP contribution in [0, 0.1) is 12.8 Å². The number of sulfonamides is 1. The van der Waals surface area contributed by atoms with Gasteiger partial charge < -0.3 is 19.8 Å². The Hall–Kier alpha value is -4.71. The molecule has 2 amide bonds. The molecule has 0 saturated heterocycles. The smallest absolute Gasteiger partial charge is 0.407 e. The largest absolute Gasteiger partial charge is 0.455 e. The number of fused-ring (bicyclic) bond motifs is 1. The Morgan fingerprint density at radius 3 is 2.39 bits per heavy atom. The first-order chi connectivity index (χ1) is 24.1. The molecule has 1 aliphatic carbocycles. The molecule has 272 valence electrons. The van der Waals surface area contributed by atoms with Crippen LogP contribution in [0.3, 0.4) is 0 Å². The molecule has 12 heteroatoms. The predicted octanol–water partition coefficient (Wildman–Crippen LogP) is 7.83. The van der Waals surface area contributed by atoms with Crippen molar-refractivity contribution in [1.29, 1.82) is 0 Å². The molecule has 1 aliphatic rings. The third-order valence-corrected chi connectivity index (χ3v) is 10.2. The molecule has 51 heavy (non-hydrogen) atoms. The quantitative estimate of drug-likeness (QED) is 0.143. The minimum absolute atomic E-state index is 0.0148. The van der Waals surface area contributed by atoms with Gasteiger partial charge in [0.1, 0.15) is 23.6 Å². The maximum Gasteiger partial charge on any atom is 0.407 e. The van der Waals surface area contributed by atoms with Gasteiger partial charge in [-0.25, -0.2) is 17.6 Å². The van der Waals surface area contributed by atoms with Gasteiger partial charge in [-0.05, 0) is 70.2 Å². The maximum absolute atomic E-state index is 13.9. The zero-order valence-electron chi connectivity index (χ0n) is 30.0. The zero-order chi connectivity index (χ0) is 37.1. The van der Waals surface area contributed by atoms with Crippen LogP contribution >= 0.6 is 0 Å². The van der Waals surface area contributed by atoms with E-state index in [1.807, 2.05) is 31.2 Å². The van der Waals surface area contributed by atoms with Gasteiger partial charge in [0.05, 0.1) is 24.1 Å². The van der Waals surface area contributed by atoms with E-state index in [1.54, 1.807) is 58.0 Å². The van der Waals surface area contributed by atoms with Crippen molar-refractivity contribution < 1.29 is 36.3 Å². The van der Waals surface area contributed by atoms with E-state index in [0.29, 0.717) is 45.5 Å². The number of furan rings is 1. The predicted molar refractivity (Wildman–Crippen MR) is 197 cm³/mol. The van der Waals surface area contributed by atoms with Crippen molar-refractivity contribution in [1.82, 2.24) is 10.6 Å². The molecule has 10 nitrogen and oxygen atoms in total. The molecular formula is C39H46FN3O7S. The third kappa shape index (κ3) is 8.79. The molecule has 1 fully saturated rings. The van der Waals surface area contributed by atoms with E-state index in [4.69, 9.17) is 9.15 Å². The average Bonchev–Trinajstić information content (AvgIpc) is 3.67. The number of halogens is 1. The summed E-state index contributed by atoms with van der Waals surface area (Å²) in [6.07, 6.45) is 3.22. The fraction of sp³-hybridized carbons (Fsp3) is 0.410. The summed E-state index contributed by atoms with van der Waals surface area (Å²) in [6, 6.07) is 17.3. The number of alkyl carbamates (subject to hydrolysis) is 1. The van der Waals surface area contributed by atoms with E-state index in [-0.39, 0.29) is 41.3 Å². The fourth-order valence-corrected chi connectivity index (χ4v) is 7.47. The highest BCUT2D eigenvalue weighted by Crippen LogP contribution is 2.42. The number of ketones is 1. The Kier molecular flexibility index (Phi) is 11.2. The number of amides is 2. The molecule has 2 atom stereocenters. The van der Waals surface area contributed by atoms with Crippen LogP contribution in [0.5, 0.6) is 0 Å². The number of hydrogen-bond acceptors (Lipinski definition) is 7. The SMILES string of the molecule is CCC(=O)c1c(-c2ccc(C)cc2)oc2cc(N(CCF)S(C)(=O)=O)c(-c3cccc(C(=O)NCC4CCCC4NC(=O)OC(C)(C)C)c3)cc12. The Morgan fingerprint density at radius 2 is 1.75 bits per heavy atom. The molecule has 1 aromatic heterocycles.